The standard InChI is InChI=1S/C18H21NO/c20-18(12-11-17-6-1-2-13-19-17)16-9-7-15(8-10-16)14-4-3-5-14/h1-2,6-10,13-14,18,20H,3-5,11-12H2. The maximum absolute atomic E-state index is 10.3. The van der Waals surface area contributed by atoms with Gasteiger partial charge in [0.25, 0.3) is 0 Å². The van der Waals surface area contributed by atoms with E-state index >= 15 is 0 Å². The molecule has 1 aromatic carbocycles. The number of nitrogens with zero attached hydrogens (tertiary/aromatic N) is 1. The molecular weight excluding hydrogens is 246 g/mol. The summed E-state index contributed by atoms with van der Waals surface area (Å²) in [6.07, 6.45) is 6.94. The monoisotopic (exact) mass is 267 g/mol. The van der Waals surface area contributed by atoms with Gasteiger partial charge in [-0.1, -0.05) is 36.8 Å². The summed E-state index contributed by atoms with van der Waals surface area (Å²) < 4.78 is 0. The number of hydrogen-bond donors (Lipinski definition) is 1. The lowest BCUT2D eigenvalue weighted by atomic mass is 9.80. The third kappa shape index (κ3) is 3.07. The molecule has 0 spiro atoms. The second kappa shape index (κ2) is 6.19. The number of hydrogen-bond acceptors (Lipinski definition) is 2. The molecule has 0 radical (unpaired) electrons. The summed E-state index contributed by atoms with van der Waals surface area (Å²) in [4.78, 5) is 4.29. The molecule has 3 rings (SSSR count). The predicted octanol–water partition coefficient (Wildman–Crippen LogP) is 4.02. The molecule has 2 heteroatoms. The first-order valence-corrected chi connectivity index (χ1v) is 7.51. The summed E-state index contributed by atoms with van der Waals surface area (Å²) in [7, 11) is 0. The molecular formula is C18H21NO. The molecule has 1 heterocycles. The smallest absolute Gasteiger partial charge is 0.0793 e. The molecule has 2 aromatic rings. The fourth-order valence-corrected chi connectivity index (χ4v) is 2.73. The van der Waals surface area contributed by atoms with E-state index in [0.29, 0.717) is 0 Å². The van der Waals surface area contributed by atoms with E-state index < -0.39 is 6.10 Å². The highest BCUT2D eigenvalue weighted by Gasteiger charge is 2.19. The third-order valence-electron chi connectivity index (χ3n) is 4.30. The summed E-state index contributed by atoms with van der Waals surface area (Å²) in [6.45, 7) is 0. The van der Waals surface area contributed by atoms with Crippen LogP contribution in [0.5, 0.6) is 0 Å². The fourth-order valence-electron chi connectivity index (χ4n) is 2.73. The van der Waals surface area contributed by atoms with Gasteiger partial charge in [-0.05, 0) is 54.9 Å². The number of rotatable bonds is 5. The molecule has 0 saturated heterocycles. The second-order valence-corrected chi connectivity index (χ2v) is 5.67. The average Bonchev–Trinajstić information content (AvgIpc) is 2.45. The maximum atomic E-state index is 10.3. The minimum atomic E-state index is -0.396. The molecule has 1 saturated carbocycles. The van der Waals surface area contributed by atoms with Crippen LogP contribution in [0.4, 0.5) is 0 Å². The lowest BCUT2D eigenvalue weighted by molar-refractivity contribution is 0.167. The van der Waals surface area contributed by atoms with E-state index in [4.69, 9.17) is 0 Å². The highest BCUT2D eigenvalue weighted by Crippen LogP contribution is 2.36. The lowest BCUT2D eigenvalue weighted by Crippen LogP contribution is -2.09. The van der Waals surface area contributed by atoms with Gasteiger partial charge < -0.3 is 5.11 Å². The van der Waals surface area contributed by atoms with E-state index in [1.54, 1.807) is 6.20 Å². The van der Waals surface area contributed by atoms with Gasteiger partial charge >= 0.3 is 0 Å². The van der Waals surface area contributed by atoms with Crippen molar-refractivity contribution in [3.63, 3.8) is 0 Å². The van der Waals surface area contributed by atoms with E-state index in [0.717, 1.165) is 30.0 Å². The molecule has 0 amide bonds. The van der Waals surface area contributed by atoms with E-state index in [9.17, 15) is 5.11 Å². The molecule has 1 atom stereocenters. The maximum Gasteiger partial charge on any atom is 0.0793 e. The molecule has 2 nitrogen and oxygen atoms in total. The Morgan fingerprint density at radius 2 is 1.90 bits per heavy atom. The minimum Gasteiger partial charge on any atom is -0.388 e. The first kappa shape index (κ1) is 13.3. The topological polar surface area (TPSA) is 33.1 Å². The van der Waals surface area contributed by atoms with Gasteiger partial charge in [-0.25, -0.2) is 0 Å². The fraction of sp³-hybridized carbons (Fsp3) is 0.389. The number of aliphatic hydroxyl groups is 1. The van der Waals surface area contributed by atoms with Gasteiger partial charge in [0, 0.05) is 11.9 Å². The summed E-state index contributed by atoms with van der Waals surface area (Å²) >= 11 is 0. The molecule has 20 heavy (non-hydrogen) atoms. The van der Waals surface area contributed by atoms with Crippen LogP contribution in [0, 0.1) is 0 Å². The van der Waals surface area contributed by atoms with Crippen molar-refractivity contribution in [3.05, 3.63) is 65.5 Å². The van der Waals surface area contributed by atoms with E-state index in [-0.39, 0.29) is 0 Å². The summed E-state index contributed by atoms with van der Waals surface area (Å²) in [5, 5.41) is 10.3. The van der Waals surface area contributed by atoms with Crippen molar-refractivity contribution in [1.82, 2.24) is 4.98 Å². The van der Waals surface area contributed by atoms with Crippen molar-refractivity contribution in [1.29, 1.82) is 0 Å². The van der Waals surface area contributed by atoms with Crippen molar-refractivity contribution in [2.75, 3.05) is 0 Å². The van der Waals surface area contributed by atoms with Crippen LogP contribution in [-0.2, 0) is 6.42 Å². The number of aliphatic hydroxyl groups excluding tert-OH is 1. The van der Waals surface area contributed by atoms with Gasteiger partial charge in [-0.2, -0.15) is 0 Å². The summed E-state index contributed by atoms with van der Waals surface area (Å²) in [5.74, 6) is 0.759. The van der Waals surface area contributed by atoms with Crippen LogP contribution in [0.1, 0.15) is 54.5 Å². The zero-order valence-electron chi connectivity index (χ0n) is 11.7. The average molecular weight is 267 g/mol. The van der Waals surface area contributed by atoms with Crippen molar-refractivity contribution in [2.45, 2.75) is 44.1 Å². The Morgan fingerprint density at radius 3 is 2.50 bits per heavy atom. The Morgan fingerprint density at radius 1 is 1.10 bits per heavy atom. The lowest BCUT2D eigenvalue weighted by Gasteiger charge is -2.26. The summed E-state index contributed by atoms with van der Waals surface area (Å²) in [5.41, 5.74) is 3.48. The molecule has 1 aliphatic carbocycles. The van der Waals surface area contributed by atoms with Crippen LogP contribution in [-0.4, -0.2) is 10.1 Å². The largest absolute Gasteiger partial charge is 0.388 e. The molecule has 1 aromatic heterocycles. The van der Waals surface area contributed by atoms with Crippen molar-refractivity contribution < 1.29 is 5.11 Å². The Kier molecular flexibility index (Phi) is 4.12. The van der Waals surface area contributed by atoms with Crippen molar-refractivity contribution in [2.24, 2.45) is 0 Å². The van der Waals surface area contributed by atoms with E-state index in [1.165, 1.54) is 24.8 Å². The van der Waals surface area contributed by atoms with Gasteiger partial charge in [-0.3, -0.25) is 4.98 Å². The van der Waals surface area contributed by atoms with Crippen molar-refractivity contribution >= 4 is 0 Å². The van der Waals surface area contributed by atoms with Crippen molar-refractivity contribution in [3.8, 4) is 0 Å². The molecule has 104 valence electrons. The van der Waals surface area contributed by atoms with Crippen LogP contribution in [0.25, 0.3) is 0 Å². The van der Waals surface area contributed by atoms with Gasteiger partial charge in [0.1, 0.15) is 0 Å². The van der Waals surface area contributed by atoms with Crippen LogP contribution in [0.2, 0.25) is 0 Å². The van der Waals surface area contributed by atoms with Gasteiger partial charge in [0.05, 0.1) is 6.10 Å². The first-order chi connectivity index (χ1) is 9.83. The highest BCUT2D eigenvalue weighted by atomic mass is 16.3. The van der Waals surface area contributed by atoms with E-state index in [2.05, 4.69) is 29.2 Å². The van der Waals surface area contributed by atoms with Crippen LogP contribution < -0.4 is 0 Å². The zero-order valence-corrected chi connectivity index (χ0v) is 11.7. The predicted molar refractivity (Wildman–Crippen MR) is 80.6 cm³/mol. The second-order valence-electron chi connectivity index (χ2n) is 5.67. The summed E-state index contributed by atoms with van der Waals surface area (Å²) in [6, 6.07) is 14.4. The van der Waals surface area contributed by atoms with Crippen LogP contribution >= 0.6 is 0 Å². The van der Waals surface area contributed by atoms with Gasteiger partial charge in [-0.15, -0.1) is 0 Å². The number of aryl methyl sites for hydroxylation is 1. The zero-order chi connectivity index (χ0) is 13.8. The Bertz CT molecular complexity index is 531. The Balaban J connectivity index is 1.57. The SMILES string of the molecule is OC(CCc1ccccn1)c1ccc(C2CCC2)cc1. The number of pyridine rings is 1. The molecule has 1 N–H and O–H groups in total. The quantitative estimate of drug-likeness (QED) is 0.887. The third-order valence-corrected chi connectivity index (χ3v) is 4.30. The van der Waals surface area contributed by atoms with Crippen LogP contribution in [0.15, 0.2) is 48.7 Å². The minimum absolute atomic E-state index is 0.396. The molecule has 1 aliphatic rings. The molecule has 1 fully saturated rings. The van der Waals surface area contributed by atoms with Crippen LogP contribution in [0.3, 0.4) is 0 Å². The van der Waals surface area contributed by atoms with Gasteiger partial charge in [0.15, 0.2) is 0 Å². The van der Waals surface area contributed by atoms with Gasteiger partial charge in [0.2, 0.25) is 0 Å². The normalized spacial score (nSPS) is 16.6. The Hall–Kier alpha value is -1.67. The number of benzene rings is 1. The molecule has 1 unspecified atom stereocenters. The highest BCUT2D eigenvalue weighted by molar-refractivity contribution is 5.27. The molecule has 0 bridgehead atoms. The molecule has 0 aliphatic heterocycles. The Labute approximate surface area is 120 Å². The first-order valence-electron chi connectivity index (χ1n) is 7.51. The number of aromatic nitrogens is 1. The van der Waals surface area contributed by atoms with E-state index in [1.807, 2.05) is 18.2 Å².